The number of likely N-dealkylation sites (tertiary alicyclic amines) is 1. The molecule has 1 saturated heterocycles. The summed E-state index contributed by atoms with van der Waals surface area (Å²) in [4.78, 5) is 27.2. The predicted molar refractivity (Wildman–Crippen MR) is 127 cm³/mol. The molecule has 2 atom stereocenters. The molecule has 1 aromatic carbocycles. The molecule has 1 saturated carbocycles. The number of Topliss-reactive ketones (excluding diaryl/α,β-unsaturated/α-hetero) is 1. The van der Waals surface area contributed by atoms with E-state index < -0.39 is 6.04 Å². The Bertz CT molecular complexity index is 1030. The van der Waals surface area contributed by atoms with E-state index in [2.05, 4.69) is 10.00 Å². The number of hydrogen-bond donors (Lipinski definition) is 0. The van der Waals surface area contributed by atoms with Crippen molar-refractivity contribution in [3.63, 3.8) is 0 Å². The molecule has 1 aliphatic heterocycles. The average Bonchev–Trinajstić information content (AvgIpc) is 3.55. The SMILES string of the molecule is COCCn1ccc(/C=C2\CN(C(C(=O)C3CC3)c3ccccc3F)CCC2SC(C)=O)n1. The molecule has 1 aliphatic carbocycles. The first kappa shape index (κ1) is 23.9. The van der Waals surface area contributed by atoms with Crippen LogP contribution >= 0.6 is 11.8 Å². The highest BCUT2D eigenvalue weighted by Gasteiger charge is 2.41. The van der Waals surface area contributed by atoms with Gasteiger partial charge in [0.05, 0.1) is 24.9 Å². The Morgan fingerprint density at radius 2 is 2.06 bits per heavy atom. The normalized spacial score (nSPS) is 21.3. The van der Waals surface area contributed by atoms with E-state index in [0.717, 1.165) is 24.1 Å². The molecular formula is C25H30FN3O3S. The molecular weight excluding hydrogens is 441 g/mol. The van der Waals surface area contributed by atoms with Crippen molar-refractivity contribution in [2.75, 3.05) is 26.8 Å². The first-order chi connectivity index (χ1) is 16.0. The van der Waals surface area contributed by atoms with Crippen LogP contribution in [0, 0.1) is 11.7 Å². The molecule has 0 amide bonds. The van der Waals surface area contributed by atoms with Gasteiger partial charge in [0.25, 0.3) is 0 Å². The number of carbonyl (C=O) groups is 2. The second-order valence-electron chi connectivity index (χ2n) is 8.67. The van der Waals surface area contributed by atoms with Crippen LogP contribution in [0.4, 0.5) is 4.39 Å². The van der Waals surface area contributed by atoms with Crippen molar-refractivity contribution in [2.45, 2.75) is 44.0 Å². The molecule has 0 spiro atoms. The number of halogens is 1. The Balaban J connectivity index is 1.62. The van der Waals surface area contributed by atoms with Crippen LogP contribution in [0.5, 0.6) is 0 Å². The number of ketones is 1. The van der Waals surface area contributed by atoms with E-state index in [-0.39, 0.29) is 27.9 Å². The monoisotopic (exact) mass is 471 g/mol. The van der Waals surface area contributed by atoms with E-state index in [9.17, 15) is 14.0 Å². The van der Waals surface area contributed by atoms with E-state index >= 15 is 0 Å². The van der Waals surface area contributed by atoms with Gasteiger partial charge in [-0.2, -0.15) is 5.10 Å². The second-order valence-corrected chi connectivity index (χ2v) is 10.1. The highest BCUT2D eigenvalue weighted by Crippen LogP contribution is 2.40. The maximum atomic E-state index is 14.8. The zero-order valence-electron chi connectivity index (χ0n) is 19.1. The van der Waals surface area contributed by atoms with Gasteiger partial charge in [-0.1, -0.05) is 30.0 Å². The molecule has 0 bridgehead atoms. The fraction of sp³-hybridized carbons (Fsp3) is 0.480. The van der Waals surface area contributed by atoms with Gasteiger partial charge in [-0.3, -0.25) is 19.2 Å². The van der Waals surface area contributed by atoms with Crippen molar-refractivity contribution in [1.82, 2.24) is 14.7 Å². The summed E-state index contributed by atoms with van der Waals surface area (Å²) in [5, 5.41) is 4.67. The zero-order chi connectivity index (χ0) is 23.4. The van der Waals surface area contributed by atoms with Crippen molar-refractivity contribution in [1.29, 1.82) is 0 Å². The van der Waals surface area contributed by atoms with E-state index in [1.165, 1.54) is 17.8 Å². The standard InChI is InChI=1S/C25H30FN3O3S/c1-17(30)33-23-10-11-28(16-19(23)15-20-9-12-29(27-20)13-14-32-2)24(25(31)18-7-8-18)21-5-3-4-6-22(21)26/h3-6,9,12,15,18,23-24H,7-8,10-11,13-14,16H2,1-2H3/b19-15+. The van der Waals surface area contributed by atoms with Gasteiger partial charge in [-0.05, 0) is 43.0 Å². The third kappa shape index (κ3) is 5.99. The Morgan fingerprint density at radius 3 is 2.76 bits per heavy atom. The first-order valence-corrected chi connectivity index (χ1v) is 12.3. The quantitative estimate of drug-likeness (QED) is 0.548. The van der Waals surface area contributed by atoms with Crippen molar-refractivity contribution in [3.05, 3.63) is 59.2 Å². The number of thioether (sulfide) groups is 1. The Labute approximate surface area is 198 Å². The van der Waals surface area contributed by atoms with Gasteiger partial charge < -0.3 is 4.74 Å². The van der Waals surface area contributed by atoms with Crippen molar-refractivity contribution in [2.24, 2.45) is 5.92 Å². The summed E-state index contributed by atoms with van der Waals surface area (Å²) < 4.78 is 21.7. The summed E-state index contributed by atoms with van der Waals surface area (Å²) in [6.07, 6.45) is 6.38. The Morgan fingerprint density at radius 1 is 1.27 bits per heavy atom. The maximum absolute atomic E-state index is 14.8. The third-order valence-corrected chi connectivity index (χ3v) is 7.27. The number of carbonyl (C=O) groups excluding carboxylic acids is 2. The minimum Gasteiger partial charge on any atom is -0.383 e. The molecule has 2 unspecified atom stereocenters. The number of benzene rings is 1. The minimum atomic E-state index is -0.607. The van der Waals surface area contributed by atoms with Crippen LogP contribution in [0.25, 0.3) is 6.08 Å². The summed E-state index contributed by atoms with van der Waals surface area (Å²) in [6.45, 7) is 3.92. The largest absolute Gasteiger partial charge is 0.383 e. The van der Waals surface area contributed by atoms with Crippen LogP contribution in [0.1, 0.15) is 43.5 Å². The number of piperidine rings is 1. The highest BCUT2D eigenvalue weighted by atomic mass is 32.2. The molecule has 8 heteroatoms. The van der Waals surface area contributed by atoms with Crippen molar-refractivity contribution < 1.29 is 18.7 Å². The summed E-state index contributed by atoms with van der Waals surface area (Å²) >= 11 is 1.32. The van der Waals surface area contributed by atoms with E-state index in [1.54, 1.807) is 32.2 Å². The van der Waals surface area contributed by atoms with Gasteiger partial charge >= 0.3 is 0 Å². The van der Waals surface area contributed by atoms with Crippen LogP contribution in [0.2, 0.25) is 0 Å². The molecule has 33 heavy (non-hydrogen) atoms. The fourth-order valence-corrected chi connectivity index (χ4v) is 5.27. The molecule has 2 aromatic rings. The maximum Gasteiger partial charge on any atom is 0.186 e. The third-order valence-electron chi connectivity index (χ3n) is 6.12. The van der Waals surface area contributed by atoms with E-state index in [4.69, 9.17) is 4.74 Å². The lowest BCUT2D eigenvalue weighted by Crippen LogP contribution is -2.43. The van der Waals surface area contributed by atoms with Crippen LogP contribution in [0.15, 0.2) is 42.1 Å². The first-order valence-electron chi connectivity index (χ1n) is 11.4. The summed E-state index contributed by atoms with van der Waals surface area (Å²) in [5.74, 6) is -0.233. The molecule has 176 valence electrons. The molecule has 4 rings (SSSR count). The topological polar surface area (TPSA) is 64.4 Å². The lowest BCUT2D eigenvalue weighted by atomic mass is 9.93. The number of ether oxygens (including phenoxy) is 1. The summed E-state index contributed by atoms with van der Waals surface area (Å²) in [7, 11) is 1.65. The molecule has 6 nitrogen and oxygen atoms in total. The zero-order valence-corrected chi connectivity index (χ0v) is 19.9. The lowest BCUT2D eigenvalue weighted by molar-refractivity contribution is -0.126. The lowest BCUT2D eigenvalue weighted by Gasteiger charge is -2.38. The summed E-state index contributed by atoms with van der Waals surface area (Å²) in [6, 6.07) is 7.90. The van der Waals surface area contributed by atoms with Crippen LogP contribution in [-0.4, -0.2) is 57.6 Å². The van der Waals surface area contributed by atoms with Crippen LogP contribution in [-0.2, 0) is 20.9 Å². The Hall–Kier alpha value is -2.29. The number of rotatable bonds is 9. The smallest absolute Gasteiger partial charge is 0.186 e. The Kier molecular flexibility index (Phi) is 7.78. The molecule has 2 aliphatic rings. The number of nitrogens with zero attached hydrogens (tertiary/aromatic N) is 3. The highest BCUT2D eigenvalue weighted by molar-refractivity contribution is 8.14. The molecule has 0 radical (unpaired) electrons. The average molecular weight is 472 g/mol. The molecule has 0 N–H and O–H groups in total. The van der Waals surface area contributed by atoms with E-state index in [1.807, 2.05) is 23.0 Å². The second kappa shape index (κ2) is 10.8. The van der Waals surface area contributed by atoms with Crippen molar-refractivity contribution in [3.8, 4) is 0 Å². The van der Waals surface area contributed by atoms with Crippen LogP contribution < -0.4 is 0 Å². The van der Waals surface area contributed by atoms with Crippen molar-refractivity contribution >= 4 is 28.7 Å². The number of hydrogen-bond acceptors (Lipinski definition) is 6. The van der Waals surface area contributed by atoms with E-state index in [0.29, 0.717) is 38.2 Å². The molecule has 1 aromatic heterocycles. The van der Waals surface area contributed by atoms with Gasteiger partial charge in [0.15, 0.2) is 10.9 Å². The molecule has 2 heterocycles. The number of methoxy groups -OCH3 is 1. The van der Waals surface area contributed by atoms with Gasteiger partial charge in [-0.15, -0.1) is 0 Å². The van der Waals surface area contributed by atoms with Gasteiger partial charge in [-0.25, -0.2) is 4.39 Å². The fourth-order valence-electron chi connectivity index (χ4n) is 4.35. The van der Waals surface area contributed by atoms with Gasteiger partial charge in [0.2, 0.25) is 0 Å². The molecule has 2 fully saturated rings. The van der Waals surface area contributed by atoms with Crippen LogP contribution in [0.3, 0.4) is 0 Å². The van der Waals surface area contributed by atoms with Gasteiger partial charge in [0, 0.05) is 50.1 Å². The number of aromatic nitrogens is 2. The van der Waals surface area contributed by atoms with Gasteiger partial charge in [0.1, 0.15) is 5.82 Å². The summed E-state index contributed by atoms with van der Waals surface area (Å²) in [5.41, 5.74) is 2.27. The predicted octanol–water partition coefficient (Wildman–Crippen LogP) is 4.13. The minimum absolute atomic E-state index is 0.0140.